The molecular formula is C12H26O. The maximum atomic E-state index is 9.49. The van der Waals surface area contributed by atoms with E-state index in [0.717, 1.165) is 6.42 Å². The number of hydrogen-bond donors (Lipinski definition) is 1. The van der Waals surface area contributed by atoms with Gasteiger partial charge in [0.2, 0.25) is 0 Å². The maximum absolute atomic E-state index is 9.49. The van der Waals surface area contributed by atoms with Crippen molar-refractivity contribution in [2.24, 2.45) is 11.3 Å². The van der Waals surface area contributed by atoms with Crippen LogP contribution in [0.25, 0.3) is 0 Å². The van der Waals surface area contributed by atoms with Gasteiger partial charge >= 0.3 is 0 Å². The summed E-state index contributed by atoms with van der Waals surface area (Å²) in [5.41, 5.74) is 0.364. The van der Waals surface area contributed by atoms with Crippen molar-refractivity contribution in [2.45, 2.75) is 66.4 Å². The van der Waals surface area contributed by atoms with Crippen LogP contribution in [0, 0.1) is 11.3 Å². The van der Waals surface area contributed by atoms with E-state index in [1.54, 1.807) is 0 Å². The summed E-state index contributed by atoms with van der Waals surface area (Å²) in [7, 11) is 0. The Kier molecular flexibility index (Phi) is 5.62. The summed E-state index contributed by atoms with van der Waals surface area (Å²) in [5.74, 6) is 0.673. The lowest BCUT2D eigenvalue weighted by Crippen LogP contribution is -2.30. The van der Waals surface area contributed by atoms with Gasteiger partial charge in [0.15, 0.2) is 0 Å². The zero-order valence-electron chi connectivity index (χ0n) is 9.93. The summed E-state index contributed by atoms with van der Waals surface area (Å²) in [6.07, 6.45) is 4.44. The second-order valence-corrected chi connectivity index (χ2v) is 4.67. The van der Waals surface area contributed by atoms with E-state index in [2.05, 4.69) is 27.7 Å². The van der Waals surface area contributed by atoms with Crippen LogP contribution in [-0.4, -0.2) is 11.2 Å². The van der Waals surface area contributed by atoms with Crippen molar-refractivity contribution in [3.8, 4) is 0 Å². The molecule has 1 nitrogen and oxygen atoms in total. The molecule has 1 heteroatoms. The fourth-order valence-electron chi connectivity index (χ4n) is 2.44. The Hall–Kier alpha value is -0.0400. The molecule has 0 fully saturated rings. The Morgan fingerprint density at radius 3 is 1.92 bits per heavy atom. The van der Waals surface area contributed by atoms with E-state index < -0.39 is 0 Å². The van der Waals surface area contributed by atoms with Crippen molar-refractivity contribution in [1.29, 1.82) is 0 Å². The van der Waals surface area contributed by atoms with Crippen LogP contribution < -0.4 is 0 Å². The van der Waals surface area contributed by atoms with Crippen LogP contribution in [0.1, 0.15) is 60.3 Å². The van der Waals surface area contributed by atoms with Gasteiger partial charge in [-0.25, -0.2) is 0 Å². The molecule has 0 aliphatic carbocycles. The Morgan fingerprint density at radius 1 is 1.15 bits per heavy atom. The highest BCUT2D eigenvalue weighted by Gasteiger charge is 2.31. The van der Waals surface area contributed by atoms with E-state index >= 15 is 0 Å². The number of aliphatic hydroxyl groups is 1. The highest BCUT2D eigenvalue weighted by molar-refractivity contribution is 4.82. The molecule has 1 N–H and O–H groups in total. The van der Waals surface area contributed by atoms with Gasteiger partial charge in [-0.05, 0) is 31.1 Å². The number of hydrogen-bond acceptors (Lipinski definition) is 1. The number of aliphatic hydroxyl groups excluding tert-OH is 1. The monoisotopic (exact) mass is 186 g/mol. The van der Waals surface area contributed by atoms with Crippen molar-refractivity contribution in [2.75, 3.05) is 0 Å². The van der Waals surface area contributed by atoms with Crippen LogP contribution in [0.5, 0.6) is 0 Å². The molecule has 2 atom stereocenters. The van der Waals surface area contributed by atoms with Gasteiger partial charge in [0, 0.05) is 0 Å². The van der Waals surface area contributed by atoms with Crippen molar-refractivity contribution >= 4 is 0 Å². The summed E-state index contributed by atoms with van der Waals surface area (Å²) < 4.78 is 0. The molecule has 13 heavy (non-hydrogen) atoms. The minimum Gasteiger partial charge on any atom is -0.393 e. The van der Waals surface area contributed by atoms with Crippen LogP contribution >= 0.6 is 0 Å². The van der Waals surface area contributed by atoms with Crippen LogP contribution in [0.3, 0.4) is 0 Å². The predicted molar refractivity (Wildman–Crippen MR) is 58.8 cm³/mol. The molecule has 0 aromatic rings. The first kappa shape index (κ1) is 13.0. The zero-order chi connectivity index (χ0) is 10.5. The molecule has 0 aromatic heterocycles. The summed E-state index contributed by atoms with van der Waals surface area (Å²) in [6, 6.07) is 0. The standard InChI is InChI=1S/C12H26O/c1-6-8-12(7-2,10(3)4)9-11(5)13/h10-11,13H,6-9H2,1-5H3. The van der Waals surface area contributed by atoms with Crippen molar-refractivity contribution in [1.82, 2.24) is 0 Å². The second-order valence-electron chi connectivity index (χ2n) is 4.67. The topological polar surface area (TPSA) is 20.2 Å². The van der Waals surface area contributed by atoms with E-state index in [0.29, 0.717) is 11.3 Å². The van der Waals surface area contributed by atoms with E-state index in [4.69, 9.17) is 0 Å². The van der Waals surface area contributed by atoms with Gasteiger partial charge in [0.1, 0.15) is 0 Å². The summed E-state index contributed by atoms with van der Waals surface area (Å²) >= 11 is 0. The quantitative estimate of drug-likeness (QED) is 0.672. The largest absolute Gasteiger partial charge is 0.393 e. The lowest BCUT2D eigenvalue weighted by molar-refractivity contribution is 0.0631. The van der Waals surface area contributed by atoms with Gasteiger partial charge in [0.05, 0.1) is 6.10 Å². The highest BCUT2D eigenvalue weighted by Crippen LogP contribution is 2.40. The van der Waals surface area contributed by atoms with Gasteiger partial charge < -0.3 is 5.11 Å². The van der Waals surface area contributed by atoms with Crippen molar-refractivity contribution < 1.29 is 5.11 Å². The summed E-state index contributed by atoms with van der Waals surface area (Å²) in [5, 5.41) is 9.49. The molecule has 0 aliphatic rings. The Morgan fingerprint density at radius 2 is 1.69 bits per heavy atom. The lowest BCUT2D eigenvalue weighted by atomic mass is 9.68. The Balaban J connectivity index is 4.44. The van der Waals surface area contributed by atoms with Crippen molar-refractivity contribution in [3.05, 3.63) is 0 Å². The molecule has 0 bridgehead atoms. The first-order valence-electron chi connectivity index (χ1n) is 5.66. The highest BCUT2D eigenvalue weighted by atomic mass is 16.3. The van der Waals surface area contributed by atoms with Gasteiger partial charge in [-0.15, -0.1) is 0 Å². The Bertz CT molecular complexity index is 129. The smallest absolute Gasteiger partial charge is 0.0517 e. The van der Waals surface area contributed by atoms with E-state index in [-0.39, 0.29) is 6.10 Å². The maximum Gasteiger partial charge on any atom is 0.0517 e. The lowest BCUT2D eigenvalue weighted by Gasteiger charge is -2.38. The van der Waals surface area contributed by atoms with Crippen molar-refractivity contribution in [3.63, 3.8) is 0 Å². The molecule has 0 amide bonds. The van der Waals surface area contributed by atoms with E-state index in [9.17, 15) is 5.11 Å². The first-order chi connectivity index (χ1) is 5.98. The molecule has 2 unspecified atom stereocenters. The minimum atomic E-state index is -0.158. The molecule has 0 aromatic carbocycles. The second kappa shape index (κ2) is 5.64. The van der Waals surface area contributed by atoms with Crippen LogP contribution in [0.15, 0.2) is 0 Å². The molecule has 0 aliphatic heterocycles. The third-order valence-electron chi connectivity index (χ3n) is 3.38. The predicted octanol–water partition coefficient (Wildman–Crippen LogP) is 3.61. The molecule has 0 radical (unpaired) electrons. The molecule has 0 spiro atoms. The van der Waals surface area contributed by atoms with Gasteiger partial charge in [-0.1, -0.05) is 40.5 Å². The molecular weight excluding hydrogens is 160 g/mol. The average molecular weight is 186 g/mol. The molecule has 0 saturated heterocycles. The van der Waals surface area contributed by atoms with E-state index in [1.165, 1.54) is 19.3 Å². The van der Waals surface area contributed by atoms with Crippen LogP contribution in [0.2, 0.25) is 0 Å². The normalized spacial score (nSPS) is 18.7. The third-order valence-corrected chi connectivity index (χ3v) is 3.38. The summed E-state index contributed by atoms with van der Waals surface area (Å²) in [6.45, 7) is 10.9. The molecule has 0 rings (SSSR count). The fraction of sp³-hybridized carbons (Fsp3) is 1.00. The molecule has 80 valence electrons. The first-order valence-corrected chi connectivity index (χ1v) is 5.66. The summed E-state index contributed by atoms with van der Waals surface area (Å²) in [4.78, 5) is 0. The minimum absolute atomic E-state index is 0.158. The van der Waals surface area contributed by atoms with Gasteiger partial charge in [-0.3, -0.25) is 0 Å². The van der Waals surface area contributed by atoms with Crippen LogP contribution in [-0.2, 0) is 0 Å². The van der Waals surface area contributed by atoms with E-state index in [1.807, 2.05) is 6.92 Å². The average Bonchev–Trinajstić information content (AvgIpc) is 2.02. The van der Waals surface area contributed by atoms with Gasteiger partial charge in [-0.2, -0.15) is 0 Å². The van der Waals surface area contributed by atoms with Crippen LogP contribution in [0.4, 0.5) is 0 Å². The third kappa shape index (κ3) is 3.68. The SMILES string of the molecule is CCCC(CC)(CC(C)O)C(C)C. The number of rotatable bonds is 6. The zero-order valence-corrected chi connectivity index (χ0v) is 9.93. The fourth-order valence-corrected chi connectivity index (χ4v) is 2.44. The Labute approximate surface area is 83.5 Å². The molecule has 0 heterocycles. The molecule has 0 saturated carbocycles. The van der Waals surface area contributed by atoms with Gasteiger partial charge in [0.25, 0.3) is 0 Å².